The van der Waals surface area contributed by atoms with Gasteiger partial charge in [0.25, 0.3) is 5.91 Å². The molecule has 0 saturated carbocycles. The fourth-order valence-corrected chi connectivity index (χ4v) is 3.62. The van der Waals surface area contributed by atoms with Gasteiger partial charge in [-0.1, -0.05) is 47.1 Å². The van der Waals surface area contributed by atoms with Crippen molar-refractivity contribution in [3.63, 3.8) is 0 Å². The van der Waals surface area contributed by atoms with Crippen LogP contribution in [0.25, 0.3) is 11.3 Å². The lowest BCUT2D eigenvalue weighted by atomic mass is 10.1. The van der Waals surface area contributed by atoms with Crippen LogP contribution in [0, 0.1) is 6.92 Å². The zero-order chi connectivity index (χ0) is 21.8. The highest BCUT2D eigenvalue weighted by Crippen LogP contribution is 2.21. The van der Waals surface area contributed by atoms with E-state index in [-0.39, 0.29) is 17.6 Å². The molecule has 31 heavy (non-hydrogen) atoms. The van der Waals surface area contributed by atoms with Crippen LogP contribution in [-0.4, -0.2) is 60.1 Å². The molecule has 1 aliphatic heterocycles. The fourth-order valence-electron chi connectivity index (χ4n) is 3.62. The first-order valence-corrected chi connectivity index (χ1v) is 10.3. The van der Waals surface area contributed by atoms with E-state index in [1.54, 1.807) is 23.0 Å². The molecule has 1 aliphatic rings. The molecule has 0 bridgehead atoms. The summed E-state index contributed by atoms with van der Waals surface area (Å²) in [4.78, 5) is 29.0. The normalized spacial score (nSPS) is 13.9. The molecule has 1 aromatic heterocycles. The monoisotopic (exact) mass is 419 g/mol. The Bertz CT molecular complexity index is 1070. The maximum Gasteiger partial charge on any atom is 0.292 e. The van der Waals surface area contributed by atoms with E-state index in [2.05, 4.69) is 5.16 Å². The van der Waals surface area contributed by atoms with E-state index in [9.17, 15) is 9.59 Å². The molecule has 0 unspecified atom stereocenters. The molecule has 7 nitrogen and oxygen atoms in total. The first-order chi connectivity index (χ1) is 15.0. The van der Waals surface area contributed by atoms with Gasteiger partial charge in [-0.15, -0.1) is 0 Å². The molecule has 7 heteroatoms. The van der Waals surface area contributed by atoms with Crippen LogP contribution in [0.4, 0.5) is 0 Å². The number of hydrogen-bond donors (Lipinski definition) is 0. The molecule has 3 aromatic rings. The molecule has 0 spiro atoms. The lowest BCUT2D eigenvalue weighted by Crippen LogP contribution is -2.50. The molecule has 0 N–H and O–H groups in total. The van der Waals surface area contributed by atoms with Crippen LogP contribution < -0.4 is 4.74 Å². The SMILES string of the molecule is COc1cccc(CC(=O)N2CCN(C(=O)c3cc(-c4ccc(C)cc4)no3)CC2)c1. The number of aromatic nitrogens is 1. The average Bonchev–Trinajstić information content (AvgIpc) is 3.29. The van der Waals surface area contributed by atoms with Crippen molar-refractivity contribution in [1.29, 1.82) is 0 Å². The molecule has 0 radical (unpaired) electrons. The Kier molecular flexibility index (Phi) is 6.02. The second-order valence-electron chi connectivity index (χ2n) is 7.64. The van der Waals surface area contributed by atoms with Crippen molar-refractivity contribution >= 4 is 11.8 Å². The predicted octanol–water partition coefficient (Wildman–Crippen LogP) is 3.19. The van der Waals surface area contributed by atoms with Gasteiger partial charge in [0.1, 0.15) is 11.4 Å². The van der Waals surface area contributed by atoms with Crippen LogP contribution in [0.2, 0.25) is 0 Å². The van der Waals surface area contributed by atoms with E-state index in [0.29, 0.717) is 38.3 Å². The number of carbonyl (C=O) groups is 2. The highest BCUT2D eigenvalue weighted by Gasteiger charge is 2.27. The van der Waals surface area contributed by atoms with Crippen LogP contribution >= 0.6 is 0 Å². The van der Waals surface area contributed by atoms with Crippen LogP contribution in [0.1, 0.15) is 21.7 Å². The Morgan fingerprint density at radius 1 is 1.00 bits per heavy atom. The molecule has 1 fully saturated rings. The quantitative estimate of drug-likeness (QED) is 0.635. The van der Waals surface area contributed by atoms with Gasteiger partial charge in [0.05, 0.1) is 13.5 Å². The van der Waals surface area contributed by atoms with E-state index < -0.39 is 0 Å². The van der Waals surface area contributed by atoms with Crippen molar-refractivity contribution in [2.75, 3.05) is 33.3 Å². The average molecular weight is 419 g/mol. The summed E-state index contributed by atoms with van der Waals surface area (Å²) in [5.74, 6) is 0.789. The molecular formula is C24H25N3O4. The Hall–Kier alpha value is -3.61. The van der Waals surface area contributed by atoms with E-state index in [4.69, 9.17) is 9.26 Å². The summed E-state index contributed by atoms with van der Waals surface area (Å²) in [5, 5.41) is 4.04. The van der Waals surface area contributed by atoms with Gasteiger partial charge in [-0.2, -0.15) is 0 Å². The predicted molar refractivity (Wildman–Crippen MR) is 116 cm³/mol. The lowest BCUT2D eigenvalue weighted by Gasteiger charge is -2.34. The number of benzene rings is 2. The van der Waals surface area contributed by atoms with Gasteiger partial charge < -0.3 is 19.1 Å². The third-order valence-electron chi connectivity index (χ3n) is 5.48. The second-order valence-corrected chi connectivity index (χ2v) is 7.64. The van der Waals surface area contributed by atoms with Crippen LogP contribution in [-0.2, 0) is 11.2 Å². The summed E-state index contributed by atoms with van der Waals surface area (Å²) in [6.45, 7) is 3.93. The minimum absolute atomic E-state index is 0.0432. The van der Waals surface area contributed by atoms with Crippen LogP contribution in [0.15, 0.2) is 59.1 Å². The number of amides is 2. The molecule has 0 aliphatic carbocycles. The lowest BCUT2D eigenvalue weighted by molar-refractivity contribution is -0.131. The summed E-state index contributed by atoms with van der Waals surface area (Å²) in [6, 6.07) is 17.1. The third-order valence-corrected chi connectivity index (χ3v) is 5.48. The number of rotatable bonds is 5. The highest BCUT2D eigenvalue weighted by atomic mass is 16.5. The Morgan fingerprint density at radius 3 is 2.42 bits per heavy atom. The summed E-state index contributed by atoms with van der Waals surface area (Å²) in [6.07, 6.45) is 0.313. The van der Waals surface area contributed by atoms with E-state index in [1.165, 1.54) is 0 Å². The summed E-state index contributed by atoms with van der Waals surface area (Å²) in [7, 11) is 1.61. The smallest absolute Gasteiger partial charge is 0.292 e. The number of piperazine rings is 1. The van der Waals surface area contributed by atoms with Crippen LogP contribution in [0.3, 0.4) is 0 Å². The number of hydrogen-bond acceptors (Lipinski definition) is 5. The van der Waals surface area contributed by atoms with Crippen LogP contribution in [0.5, 0.6) is 5.75 Å². The van der Waals surface area contributed by atoms with E-state index >= 15 is 0 Å². The van der Waals surface area contributed by atoms with Gasteiger partial charge >= 0.3 is 0 Å². The number of methoxy groups -OCH3 is 1. The van der Waals surface area contributed by atoms with Gasteiger partial charge in [0, 0.05) is 37.8 Å². The van der Waals surface area contributed by atoms with Gasteiger partial charge in [-0.3, -0.25) is 9.59 Å². The molecule has 2 amide bonds. The zero-order valence-corrected chi connectivity index (χ0v) is 17.7. The van der Waals surface area contributed by atoms with Gasteiger partial charge in [-0.05, 0) is 24.6 Å². The molecular weight excluding hydrogens is 394 g/mol. The maximum atomic E-state index is 12.8. The summed E-state index contributed by atoms with van der Waals surface area (Å²) in [5.41, 5.74) is 3.60. The number of ether oxygens (including phenoxy) is 1. The van der Waals surface area contributed by atoms with Gasteiger partial charge in [0.15, 0.2) is 0 Å². The largest absolute Gasteiger partial charge is 0.497 e. The zero-order valence-electron chi connectivity index (χ0n) is 17.7. The molecule has 160 valence electrons. The van der Waals surface area contributed by atoms with Crippen molar-refractivity contribution < 1.29 is 18.8 Å². The van der Waals surface area contributed by atoms with E-state index in [0.717, 1.165) is 22.4 Å². The van der Waals surface area contributed by atoms with Crippen molar-refractivity contribution in [1.82, 2.24) is 15.0 Å². The minimum atomic E-state index is -0.203. The van der Waals surface area contributed by atoms with Crippen molar-refractivity contribution in [3.8, 4) is 17.0 Å². The first kappa shape index (κ1) is 20.7. The topological polar surface area (TPSA) is 75.9 Å². The third kappa shape index (κ3) is 4.77. The van der Waals surface area contributed by atoms with Gasteiger partial charge in [-0.25, -0.2) is 0 Å². The fraction of sp³-hybridized carbons (Fsp3) is 0.292. The van der Waals surface area contributed by atoms with E-state index in [1.807, 2.05) is 55.5 Å². The maximum absolute atomic E-state index is 12.8. The Balaban J connectivity index is 1.33. The summed E-state index contributed by atoms with van der Waals surface area (Å²) >= 11 is 0. The first-order valence-electron chi connectivity index (χ1n) is 10.3. The second kappa shape index (κ2) is 9.04. The number of carbonyl (C=O) groups excluding carboxylic acids is 2. The van der Waals surface area contributed by atoms with Crippen molar-refractivity contribution in [3.05, 3.63) is 71.5 Å². The minimum Gasteiger partial charge on any atom is -0.497 e. The molecule has 4 rings (SSSR count). The summed E-state index contributed by atoms with van der Waals surface area (Å²) < 4.78 is 10.5. The van der Waals surface area contributed by atoms with Gasteiger partial charge in [0.2, 0.25) is 11.7 Å². The standard InChI is InChI=1S/C24H25N3O4/c1-17-6-8-19(9-7-17)21-16-22(31-25-21)24(29)27-12-10-26(11-13-27)23(28)15-18-4-3-5-20(14-18)30-2/h3-9,14,16H,10-13,15H2,1-2H3. The molecule has 2 aromatic carbocycles. The molecule has 1 saturated heterocycles. The van der Waals surface area contributed by atoms with Crippen molar-refractivity contribution in [2.24, 2.45) is 0 Å². The van der Waals surface area contributed by atoms with Crippen molar-refractivity contribution in [2.45, 2.75) is 13.3 Å². The highest BCUT2D eigenvalue weighted by molar-refractivity contribution is 5.92. The molecule has 2 heterocycles. The molecule has 0 atom stereocenters. The number of nitrogens with zero attached hydrogens (tertiary/aromatic N) is 3. The number of aryl methyl sites for hydroxylation is 1. The Labute approximate surface area is 181 Å². The Morgan fingerprint density at radius 2 is 1.71 bits per heavy atom.